The molecule has 0 aliphatic rings. The van der Waals surface area contributed by atoms with Crippen LogP contribution in [0.5, 0.6) is 0 Å². The fourth-order valence-corrected chi connectivity index (χ4v) is 1.48. The average molecular weight is 254 g/mol. The molecule has 1 aromatic rings. The van der Waals surface area contributed by atoms with Crippen molar-refractivity contribution >= 4 is 5.97 Å². The molecule has 0 radical (unpaired) electrons. The van der Waals surface area contributed by atoms with Gasteiger partial charge in [-0.25, -0.2) is 4.98 Å². The van der Waals surface area contributed by atoms with Gasteiger partial charge < -0.3 is 9.15 Å². The van der Waals surface area contributed by atoms with Crippen LogP contribution in [-0.2, 0) is 9.53 Å². The van der Waals surface area contributed by atoms with Gasteiger partial charge >= 0.3 is 5.97 Å². The lowest BCUT2D eigenvalue weighted by Crippen LogP contribution is -2.40. The Morgan fingerprint density at radius 2 is 2.06 bits per heavy atom. The highest BCUT2D eigenvalue weighted by Crippen LogP contribution is 2.14. The fraction of sp³-hybridized carbons (Fsp3) is 0.692. The summed E-state index contributed by atoms with van der Waals surface area (Å²) in [7, 11) is 0. The van der Waals surface area contributed by atoms with Gasteiger partial charge in [-0.05, 0) is 41.5 Å². The van der Waals surface area contributed by atoms with Crippen molar-refractivity contribution in [3.05, 3.63) is 17.8 Å². The molecule has 2 unspecified atom stereocenters. The molecule has 1 rings (SSSR count). The molecule has 1 N–H and O–H groups in total. The maximum Gasteiger partial charge on any atom is 0.323 e. The Hall–Kier alpha value is -1.36. The monoisotopic (exact) mass is 254 g/mol. The summed E-state index contributed by atoms with van der Waals surface area (Å²) in [5.74, 6) is 1.05. The van der Waals surface area contributed by atoms with Gasteiger partial charge in [0.2, 0.25) is 5.89 Å². The highest BCUT2D eigenvalue weighted by Gasteiger charge is 2.24. The van der Waals surface area contributed by atoms with E-state index in [2.05, 4.69) is 10.3 Å². The van der Waals surface area contributed by atoms with Crippen LogP contribution in [0.15, 0.2) is 10.6 Å². The van der Waals surface area contributed by atoms with Gasteiger partial charge in [-0.2, -0.15) is 0 Å². The predicted molar refractivity (Wildman–Crippen MR) is 68.1 cm³/mol. The highest BCUT2D eigenvalue weighted by molar-refractivity contribution is 5.75. The van der Waals surface area contributed by atoms with Crippen LogP contribution in [0.25, 0.3) is 0 Å². The predicted octanol–water partition coefficient (Wildman–Crippen LogP) is 2.36. The maximum absolute atomic E-state index is 11.8. The molecule has 18 heavy (non-hydrogen) atoms. The van der Waals surface area contributed by atoms with E-state index in [1.165, 1.54) is 0 Å². The third kappa shape index (κ3) is 4.49. The van der Waals surface area contributed by atoms with Gasteiger partial charge in [0.25, 0.3) is 0 Å². The lowest BCUT2D eigenvalue weighted by Gasteiger charge is -2.23. The lowest BCUT2D eigenvalue weighted by atomic mass is 10.2. The van der Waals surface area contributed by atoms with Crippen LogP contribution >= 0.6 is 0 Å². The van der Waals surface area contributed by atoms with Crippen LogP contribution in [-0.4, -0.2) is 22.6 Å². The number of aromatic nitrogens is 1. The second-order valence-electron chi connectivity index (χ2n) is 5.45. The number of carbonyl (C=O) groups excluding carboxylic acids is 1. The van der Waals surface area contributed by atoms with Gasteiger partial charge in [-0.1, -0.05) is 0 Å². The van der Waals surface area contributed by atoms with Crippen molar-refractivity contribution in [3.63, 3.8) is 0 Å². The lowest BCUT2D eigenvalue weighted by molar-refractivity contribution is -0.157. The van der Waals surface area contributed by atoms with E-state index in [-0.39, 0.29) is 12.0 Å². The average Bonchev–Trinajstić information content (AvgIpc) is 2.62. The molecule has 0 spiro atoms. The highest BCUT2D eigenvalue weighted by atomic mass is 16.6. The molecule has 1 aromatic heterocycles. The first-order valence-corrected chi connectivity index (χ1v) is 6.10. The largest absolute Gasteiger partial charge is 0.459 e. The van der Waals surface area contributed by atoms with Gasteiger partial charge in [-0.3, -0.25) is 10.1 Å². The molecule has 0 aliphatic heterocycles. The molecule has 102 valence electrons. The number of nitrogens with one attached hydrogen (secondary N) is 1. The SMILES string of the molecule is Cc1cnc(C(C)NC(C)C(=O)OC(C)(C)C)o1. The first-order valence-electron chi connectivity index (χ1n) is 6.10. The molecule has 2 atom stereocenters. The van der Waals surface area contributed by atoms with Crippen molar-refractivity contribution in [2.45, 2.75) is 59.2 Å². The molecule has 5 nitrogen and oxygen atoms in total. The van der Waals surface area contributed by atoms with Crippen LogP contribution in [0.4, 0.5) is 0 Å². The third-order valence-electron chi connectivity index (χ3n) is 2.27. The molecule has 0 aliphatic carbocycles. The van der Waals surface area contributed by atoms with Crippen molar-refractivity contribution in [1.82, 2.24) is 10.3 Å². The number of aryl methyl sites for hydroxylation is 1. The van der Waals surface area contributed by atoms with Gasteiger partial charge in [0.15, 0.2) is 0 Å². The molecule has 5 heteroatoms. The van der Waals surface area contributed by atoms with E-state index in [4.69, 9.17) is 9.15 Å². The summed E-state index contributed by atoms with van der Waals surface area (Å²) in [5, 5.41) is 3.10. The summed E-state index contributed by atoms with van der Waals surface area (Å²) in [6, 6.07) is -0.548. The second-order valence-corrected chi connectivity index (χ2v) is 5.45. The minimum atomic E-state index is -0.476. The van der Waals surface area contributed by atoms with Crippen LogP contribution in [0.3, 0.4) is 0 Å². The minimum Gasteiger partial charge on any atom is -0.459 e. The smallest absolute Gasteiger partial charge is 0.323 e. The van der Waals surface area contributed by atoms with E-state index in [0.29, 0.717) is 5.89 Å². The zero-order valence-corrected chi connectivity index (χ0v) is 11.9. The van der Waals surface area contributed by atoms with E-state index < -0.39 is 11.6 Å². The summed E-state index contributed by atoms with van der Waals surface area (Å²) in [4.78, 5) is 15.9. The molecule has 0 amide bonds. The Balaban J connectivity index is 2.54. The quantitative estimate of drug-likeness (QED) is 0.836. The van der Waals surface area contributed by atoms with Crippen molar-refractivity contribution in [2.24, 2.45) is 0 Å². The first kappa shape index (κ1) is 14.7. The number of hydrogen-bond donors (Lipinski definition) is 1. The number of carbonyl (C=O) groups is 1. The summed E-state index contributed by atoms with van der Waals surface area (Å²) in [6.45, 7) is 11.0. The van der Waals surface area contributed by atoms with Crippen molar-refractivity contribution in [2.75, 3.05) is 0 Å². The van der Waals surface area contributed by atoms with Gasteiger partial charge in [0.1, 0.15) is 17.4 Å². The fourth-order valence-electron chi connectivity index (χ4n) is 1.48. The van der Waals surface area contributed by atoms with Crippen LogP contribution in [0.1, 0.15) is 52.3 Å². The Kier molecular flexibility index (Phi) is 4.51. The Labute approximate surface area is 108 Å². The Morgan fingerprint density at radius 3 is 2.50 bits per heavy atom. The Bertz CT molecular complexity index is 407. The summed E-state index contributed by atoms with van der Waals surface area (Å²) in [5.41, 5.74) is -0.476. The topological polar surface area (TPSA) is 64.4 Å². The maximum atomic E-state index is 11.8. The number of ether oxygens (including phenoxy) is 1. The van der Waals surface area contributed by atoms with Crippen LogP contribution in [0, 0.1) is 6.92 Å². The number of rotatable bonds is 4. The number of nitrogens with zero attached hydrogens (tertiary/aromatic N) is 1. The minimum absolute atomic E-state index is 0.138. The van der Waals surface area contributed by atoms with E-state index in [1.54, 1.807) is 13.1 Å². The molecule has 0 saturated heterocycles. The van der Waals surface area contributed by atoms with E-state index in [9.17, 15) is 4.79 Å². The van der Waals surface area contributed by atoms with Gasteiger partial charge in [0.05, 0.1) is 12.2 Å². The molecule has 1 heterocycles. The zero-order valence-electron chi connectivity index (χ0n) is 11.9. The summed E-state index contributed by atoms with van der Waals surface area (Å²) < 4.78 is 10.7. The Morgan fingerprint density at radius 1 is 1.44 bits per heavy atom. The van der Waals surface area contributed by atoms with Crippen LogP contribution in [0.2, 0.25) is 0 Å². The van der Waals surface area contributed by atoms with E-state index in [1.807, 2.05) is 34.6 Å². The third-order valence-corrected chi connectivity index (χ3v) is 2.27. The van der Waals surface area contributed by atoms with Crippen LogP contribution < -0.4 is 5.32 Å². The second kappa shape index (κ2) is 5.52. The molecule has 0 bridgehead atoms. The molecular weight excluding hydrogens is 232 g/mol. The number of oxazole rings is 1. The molecular formula is C13H22N2O3. The van der Waals surface area contributed by atoms with Crippen molar-refractivity contribution in [3.8, 4) is 0 Å². The molecule has 0 saturated carbocycles. The molecule has 0 aromatic carbocycles. The van der Waals surface area contributed by atoms with Crippen molar-refractivity contribution in [1.29, 1.82) is 0 Å². The summed E-state index contributed by atoms with van der Waals surface area (Å²) >= 11 is 0. The number of esters is 1. The zero-order chi connectivity index (χ0) is 13.9. The summed E-state index contributed by atoms with van der Waals surface area (Å²) in [6.07, 6.45) is 1.66. The van der Waals surface area contributed by atoms with Gasteiger partial charge in [0, 0.05) is 0 Å². The number of hydrogen-bond acceptors (Lipinski definition) is 5. The normalized spacial score (nSPS) is 15.2. The van der Waals surface area contributed by atoms with Gasteiger partial charge in [-0.15, -0.1) is 0 Å². The molecule has 0 fully saturated rings. The van der Waals surface area contributed by atoms with E-state index >= 15 is 0 Å². The van der Waals surface area contributed by atoms with E-state index in [0.717, 1.165) is 5.76 Å². The standard InChI is InChI=1S/C13H22N2O3/c1-8-7-14-11(17-8)9(2)15-10(3)12(16)18-13(4,5)6/h7,9-10,15H,1-6H3. The first-order chi connectivity index (χ1) is 8.19. The van der Waals surface area contributed by atoms with Crippen molar-refractivity contribution < 1.29 is 13.9 Å².